The maximum atomic E-state index is 5.69. The minimum Gasteiger partial charge on any atom is -0.324 e. The maximum Gasteiger partial charge on any atom is 0.0225 e. The largest absolute Gasteiger partial charge is 0.324 e. The highest BCUT2D eigenvalue weighted by atomic mass is 32.1. The summed E-state index contributed by atoms with van der Waals surface area (Å²) in [6.07, 6.45) is 2.13. The highest BCUT2D eigenvalue weighted by Crippen LogP contribution is 2.11. The Morgan fingerprint density at radius 3 is 2.91 bits per heavy atom. The molecule has 0 saturated heterocycles. The monoisotopic (exact) mass is 167 g/mol. The molecule has 0 aliphatic heterocycles. The van der Waals surface area contributed by atoms with Crippen molar-refractivity contribution in [3.8, 4) is 0 Å². The van der Waals surface area contributed by atoms with E-state index in [-0.39, 0.29) is 6.04 Å². The molecule has 1 aromatic heterocycles. The topological polar surface area (TPSA) is 26.0 Å². The number of hydrogen-bond acceptors (Lipinski definition) is 2. The second-order valence-electron chi connectivity index (χ2n) is 2.73. The van der Waals surface area contributed by atoms with Crippen LogP contribution >= 0.6 is 11.3 Å². The van der Waals surface area contributed by atoms with E-state index in [0.717, 1.165) is 0 Å². The van der Waals surface area contributed by atoms with Crippen LogP contribution in [0, 0.1) is 0 Å². The maximum absolute atomic E-state index is 5.69. The normalized spacial score (nSPS) is 15.0. The number of thiophene rings is 1. The molecule has 1 heterocycles. The molecule has 2 N–H and O–H groups in total. The molecule has 0 radical (unpaired) electrons. The third kappa shape index (κ3) is 2.48. The minimum atomic E-state index is 0.162. The van der Waals surface area contributed by atoms with E-state index in [1.807, 2.05) is 6.92 Å². The Bertz CT molecular complexity index is 234. The van der Waals surface area contributed by atoms with Gasteiger partial charge in [-0.25, -0.2) is 0 Å². The van der Waals surface area contributed by atoms with Crippen LogP contribution in [-0.2, 0) is 0 Å². The summed E-state index contributed by atoms with van der Waals surface area (Å²) >= 11 is 1.71. The zero-order valence-corrected chi connectivity index (χ0v) is 7.69. The summed E-state index contributed by atoms with van der Waals surface area (Å²) in [6, 6.07) is 2.26. The zero-order valence-electron chi connectivity index (χ0n) is 6.87. The van der Waals surface area contributed by atoms with Crippen LogP contribution in [-0.4, -0.2) is 6.04 Å². The molecule has 11 heavy (non-hydrogen) atoms. The van der Waals surface area contributed by atoms with Crippen molar-refractivity contribution in [3.05, 3.63) is 28.0 Å². The average molecular weight is 167 g/mol. The van der Waals surface area contributed by atoms with E-state index < -0.39 is 0 Å². The van der Waals surface area contributed by atoms with E-state index in [1.54, 1.807) is 11.3 Å². The van der Waals surface area contributed by atoms with E-state index in [2.05, 4.69) is 29.8 Å². The van der Waals surface area contributed by atoms with E-state index >= 15 is 0 Å². The van der Waals surface area contributed by atoms with Crippen LogP contribution in [0.15, 0.2) is 22.4 Å². The molecule has 1 atom stereocenters. The first-order chi connectivity index (χ1) is 5.20. The van der Waals surface area contributed by atoms with Crippen molar-refractivity contribution in [3.63, 3.8) is 0 Å². The molecule has 0 saturated carbocycles. The summed E-state index contributed by atoms with van der Waals surface area (Å²) in [4.78, 5) is 0. The van der Waals surface area contributed by atoms with Crippen molar-refractivity contribution in [2.45, 2.75) is 19.9 Å². The molecule has 0 spiro atoms. The van der Waals surface area contributed by atoms with Crippen molar-refractivity contribution < 1.29 is 0 Å². The van der Waals surface area contributed by atoms with Gasteiger partial charge < -0.3 is 5.73 Å². The highest BCUT2D eigenvalue weighted by molar-refractivity contribution is 7.08. The van der Waals surface area contributed by atoms with Gasteiger partial charge in [-0.05, 0) is 36.2 Å². The third-order valence-corrected chi connectivity index (χ3v) is 2.36. The van der Waals surface area contributed by atoms with Crippen LogP contribution in [0.5, 0.6) is 0 Å². The van der Waals surface area contributed by atoms with Gasteiger partial charge in [0.25, 0.3) is 0 Å². The SMILES string of the molecule is C/C(=C\c1ccsc1)C(C)N. The number of rotatable bonds is 2. The van der Waals surface area contributed by atoms with Gasteiger partial charge in [-0.1, -0.05) is 11.6 Å². The third-order valence-electron chi connectivity index (χ3n) is 1.66. The molecule has 1 rings (SSSR count). The number of nitrogens with two attached hydrogens (primary N) is 1. The van der Waals surface area contributed by atoms with E-state index in [1.165, 1.54) is 11.1 Å². The van der Waals surface area contributed by atoms with Gasteiger partial charge in [-0.15, -0.1) is 0 Å². The van der Waals surface area contributed by atoms with E-state index in [0.29, 0.717) is 0 Å². The van der Waals surface area contributed by atoms with Crippen molar-refractivity contribution in [2.24, 2.45) is 5.73 Å². The van der Waals surface area contributed by atoms with Gasteiger partial charge in [0.15, 0.2) is 0 Å². The van der Waals surface area contributed by atoms with Crippen LogP contribution < -0.4 is 5.73 Å². The zero-order chi connectivity index (χ0) is 8.27. The molecule has 0 amide bonds. The van der Waals surface area contributed by atoms with Crippen LogP contribution in [0.1, 0.15) is 19.4 Å². The number of hydrogen-bond donors (Lipinski definition) is 1. The standard InChI is InChI=1S/C9H13NS/c1-7(8(2)10)5-9-3-4-11-6-9/h3-6,8H,10H2,1-2H3/b7-5+. The summed E-state index contributed by atoms with van der Waals surface area (Å²) in [5, 5.41) is 4.19. The molecule has 1 nitrogen and oxygen atoms in total. The Labute approximate surface area is 71.5 Å². The van der Waals surface area contributed by atoms with Crippen molar-refractivity contribution >= 4 is 17.4 Å². The lowest BCUT2D eigenvalue weighted by Gasteiger charge is -2.03. The minimum absolute atomic E-state index is 0.162. The summed E-state index contributed by atoms with van der Waals surface area (Å²) < 4.78 is 0. The first-order valence-electron chi connectivity index (χ1n) is 3.66. The van der Waals surface area contributed by atoms with Gasteiger partial charge >= 0.3 is 0 Å². The Kier molecular flexibility index (Phi) is 2.85. The lowest BCUT2D eigenvalue weighted by Crippen LogP contribution is -2.15. The molecule has 0 aromatic carbocycles. The summed E-state index contributed by atoms with van der Waals surface area (Å²) in [6.45, 7) is 4.06. The fourth-order valence-corrected chi connectivity index (χ4v) is 1.37. The fourth-order valence-electron chi connectivity index (χ4n) is 0.751. The van der Waals surface area contributed by atoms with Crippen LogP contribution in [0.4, 0.5) is 0 Å². The molecular formula is C9H13NS. The predicted molar refractivity (Wildman–Crippen MR) is 51.6 cm³/mol. The summed E-state index contributed by atoms with van der Waals surface area (Å²) in [7, 11) is 0. The van der Waals surface area contributed by atoms with Crippen molar-refractivity contribution in [1.82, 2.24) is 0 Å². The Morgan fingerprint density at radius 1 is 1.73 bits per heavy atom. The quantitative estimate of drug-likeness (QED) is 0.719. The summed E-state index contributed by atoms with van der Waals surface area (Å²) in [5.41, 5.74) is 8.17. The van der Waals surface area contributed by atoms with Crippen LogP contribution in [0.2, 0.25) is 0 Å². The van der Waals surface area contributed by atoms with Gasteiger partial charge in [0.05, 0.1) is 0 Å². The molecule has 0 aliphatic rings. The first kappa shape index (κ1) is 8.50. The Hall–Kier alpha value is -0.600. The van der Waals surface area contributed by atoms with Crippen LogP contribution in [0.3, 0.4) is 0 Å². The van der Waals surface area contributed by atoms with Gasteiger partial charge in [0.2, 0.25) is 0 Å². The average Bonchev–Trinajstić information content (AvgIpc) is 2.39. The molecule has 0 bridgehead atoms. The Morgan fingerprint density at radius 2 is 2.45 bits per heavy atom. The van der Waals surface area contributed by atoms with Crippen molar-refractivity contribution in [2.75, 3.05) is 0 Å². The second kappa shape index (κ2) is 3.69. The summed E-state index contributed by atoms with van der Waals surface area (Å²) in [5.74, 6) is 0. The first-order valence-corrected chi connectivity index (χ1v) is 4.60. The second-order valence-corrected chi connectivity index (χ2v) is 3.51. The van der Waals surface area contributed by atoms with Crippen LogP contribution in [0.25, 0.3) is 6.08 Å². The molecule has 1 aromatic rings. The van der Waals surface area contributed by atoms with Gasteiger partial charge in [0.1, 0.15) is 0 Å². The van der Waals surface area contributed by atoms with Crippen molar-refractivity contribution in [1.29, 1.82) is 0 Å². The predicted octanol–water partition coefficient (Wildman–Crippen LogP) is 2.50. The lowest BCUT2D eigenvalue weighted by molar-refractivity contribution is 0.868. The molecule has 0 aliphatic carbocycles. The van der Waals surface area contributed by atoms with E-state index in [4.69, 9.17) is 5.73 Å². The molecule has 0 fully saturated rings. The Balaban J connectivity index is 2.74. The van der Waals surface area contributed by atoms with Gasteiger partial charge in [-0.2, -0.15) is 11.3 Å². The van der Waals surface area contributed by atoms with Gasteiger partial charge in [0, 0.05) is 6.04 Å². The van der Waals surface area contributed by atoms with E-state index in [9.17, 15) is 0 Å². The van der Waals surface area contributed by atoms with Gasteiger partial charge in [-0.3, -0.25) is 0 Å². The fraction of sp³-hybridized carbons (Fsp3) is 0.333. The highest BCUT2D eigenvalue weighted by Gasteiger charge is 1.95. The molecule has 2 heteroatoms. The molecular weight excluding hydrogens is 154 g/mol. The lowest BCUT2D eigenvalue weighted by atomic mass is 10.1. The molecule has 1 unspecified atom stereocenters. The smallest absolute Gasteiger partial charge is 0.0225 e. The molecule has 60 valence electrons.